The molecule has 0 aliphatic carbocycles. The first-order valence-electron chi connectivity index (χ1n) is 4.48. The molecule has 0 spiro atoms. The Balaban J connectivity index is 0.000000288. The van der Waals surface area contributed by atoms with Gasteiger partial charge in [-0.25, -0.2) is 9.97 Å². The number of carboxylic acids is 2. The number of anilines is 1. The minimum Gasteiger partial charge on any atom is -0.481 e. The van der Waals surface area contributed by atoms with Crippen LogP contribution in [0.1, 0.15) is 19.3 Å². The fourth-order valence-corrected chi connectivity index (χ4v) is 0.701. The Labute approximate surface area is 92.0 Å². The number of hydrogen-bond acceptors (Lipinski definition) is 5. The van der Waals surface area contributed by atoms with E-state index in [0.717, 1.165) is 0 Å². The maximum Gasteiger partial charge on any atom is 0.303 e. The van der Waals surface area contributed by atoms with Crippen molar-refractivity contribution in [3.05, 3.63) is 18.5 Å². The highest BCUT2D eigenvalue weighted by Crippen LogP contribution is 1.93. The summed E-state index contributed by atoms with van der Waals surface area (Å²) >= 11 is 0. The van der Waals surface area contributed by atoms with E-state index >= 15 is 0 Å². The Hall–Kier alpha value is -2.18. The van der Waals surface area contributed by atoms with Gasteiger partial charge in [-0.3, -0.25) is 9.59 Å². The first-order chi connectivity index (χ1) is 7.52. The van der Waals surface area contributed by atoms with E-state index in [-0.39, 0.29) is 19.3 Å². The van der Waals surface area contributed by atoms with Gasteiger partial charge in [0.15, 0.2) is 0 Å². The molecule has 1 aromatic rings. The zero-order chi connectivity index (χ0) is 12.4. The Morgan fingerprint density at radius 3 is 1.81 bits per heavy atom. The van der Waals surface area contributed by atoms with Gasteiger partial charge >= 0.3 is 11.9 Å². The Morgan fingerprint density at radius 2 is 1.56 bits per heavy atom. The minimum atomic E-state index is -0.948. The fraction of sp³-hybridized carbons (Fsp3) is 0.333. The standard InChI is InChI=1S/C5H8O4.C4H5N3/c6-4(7)2-1-3-5(8)9;5-4-6-2-1-3-7-4/h1-3H2,(H,6,7)(H,8,9);1-3H,(H2,5,6,7). The first-order valence-corrected chi connectivity index (χ1v) is 4.48. The lowest BCUT2D eigenvalue weighted by atomic mass is 10.2. The highest BCUT2D eigenvalue weighted by atomic mass is 16.4. The van der Waals surface area contributed by atoms with Gasteiger partial charge in [-0.1, -0.05) is 0 Å². The molecular weight excluding hydrogens is 214 g/mol. The lowest BCUT2D eigenvalue weighted by Crippen LogP contribution is -1.98. The topological polar surface area (TPSA) is 126 Å². The molecule has 16 heavy (non-hydrogen) atoms. The molecule has 7 heteroatoms. The smallest absolute Gasteiger partial charge is 0.303 e. The summed E-state index contributed by atoms with van der Waals surface area (Å²) < 4.78 is 0. The molecule has 0 aromatic carbocycles. The monoisotopic (exact) mass is 227 g/mol. The van der Waals surface area contributed by atoms with Gasteiger partial charge in [0.05, 0.1) is 0 Å². The van der Waals surface area contributed by atoms with Crippen LogP contribution in [0.15, 0.2) is 18.5 Å². The van der Waals surface area contributed by atoms with Gasteiger partial charge in [-0.15, -0.1) is 0 Å². The number of carboxylic acid groups (broad SMARTS) is 2. The van der Waals surface area contributed by atoms with E-state index < -0.39 is 11.9 Å². The first kappa shape index (κ1) is 13.8. The normalized spacial score (nSPS) is 8.75. The van der Waals surface area contributed by atoms with Crippen LogP contribution in [0.3, 0.4) is 0 Å². The van der Waals surface area contributed by atoms with Crippen molar-refractivity contribution in [1.82, 2.24) is 9.97 Å². The predicted octanol–water partition coefficient (Wildman–Crippen LogP) is 0.385. The molecule has 0 atom stereocenters. The van der Waals surface area contributed by atoms with Crippen LogP contribution < -0.4 is 5.73 Å². The third-order valence-electron chi connectivity index (χ3n) is 1.37. The second-order valence-corrected chi connectivity index (χ2v) is 2.75. The van der Waals surface area contributed by atoms with Crippen LogP contribution in [-0.2, 0) is 9.59 Å². The van der Waals surface area contributed by atoms with Crippen molar-refractivity contribution in [2.45, 2.75) is 19.3 Å². The molecule has 1 aromatic heterocycles. The highest BCUT2D eigenvalue weighted by molar-refractivity contribution is 5.69. The largest absolute Gasteiger partial charge is 0.481 e. The van der Waals surface area contributed by atoms with Crippen LogP contribution in [0.2, 0.25) is 0 Å². The number of rotatable bonds is 4. The van der Waals surface area contributed by atoms with Crippen LogP contribution in [0, 0.1) is 0 Å². The molecule has 88 valence electrons. The number of hydrogen-bond donors (Lipinski definition) is 3. The van der Waals surface area contributed by atoms with Gasteiger partial charge in [0.1, 0.15) is 0 Å². The summed E-state index contributed by atoms with van der Waals surface area (Å²) in [5.41, 5.74) is 5.14. The van der Waals surface area contributed by atoms with E-state index in [0.29, 0.717) is 5.95 Å². The quantitative estimate of drug-likeness (QED) is 0.678. The Morgan fingerprint density at radius 1 is 1.12 bits per heavy atom. The van der Waals surface area contributed by atoms with Crippen molar-refractivity contribution in [3.8, 4) is 0 Å². The van der Waals surface area contributed by atoms with Gasteiger partial charge in [-0.2, -0.15) is 0 Å². The summed E-state index contributed by atoms with van der Waals surface area (Å²) in [6.07, 6.45) is 3.29. The van der Waals surface area contributed by atoms with Crippen molar-refractivity contribution in [2.24, 2.45) is 0 Å². The molecule has 7 nitrogen and oxygen atoms in total. The summed E-state index contributed by atoms with van der Waals surface area (Å²) in [7, 11) is 0. The Bertz CT molecular complexity index is 315. The summed E-state index contributed by atoms with van der Waals surface area (Å²) in [5, 5.41) is 16.1. The molecule has 0 aliphatic heterocycles. The summed E-state index contributed by atoms with van der Waals surface area (Å²) in [4.78, 5) is 26.9. The van der Waals surface area contributed by atoms with Crippen molar-refractivity contribution in [2.75, 3.05) is 5.73 Å². The molecule has 4 N–H and O–H groups in total. The average molecular weight is 227 g/mol. The molecule has 0 saturated carbocycles. The minimum absolute atomic E-state index is 0.0632. The number of aliphatic carboxylic acids is 2. The zero-order valence-corrected chi connectivity index (χ0v) is 8.54. The van der Waals surface area contributed by atoms with Gasteiger partial charge in [-0.05, 0) is 12.5 Å². The number of nitrogens with zero attached hydrogens (tertiary/aromatic N) is 2. The number of carbonyl (C=O) groups is 2. The van der Waals surface area contributed by atoms with Crippen molar-refractivity contribution >= 4 is 17.9 Å². The van der Waals surface area contributed by atoms with Gasteiger partial charge < -0.3 is 15.9 Å². The lowest BCUT2D eigenvalue weighted by molar-refractivity contribution is -0.138. The molecular formula is C9H13N3O4. The summed E-state index contributed by atoms with van der Waals surface area (Å²) in [6, 6.07) is 1.72. The van der Waals surface area contributed by atoms with E-state index in [2.05, 4.69) is 9.97 Å². The Kier molecular flexibility index (Phi) is 7.04. The van der Waals surface area contributed by atoms with Crippen LogP contribution in [0.25, 0.3) is 0 Å². The van der Waals surface area contributed by atoms with Crippen LogP contribution in [0.5, 0.6) is 0 Å². The molecule has 0 aliphatic rings. The maximum absolute atomic E-state index is 9.79. The van der Waals surface area contributed by atoms with E-state index in [1.54, 1.807) is 18.5 Å². The highest BCUT2D eigenvalue weighted by Gasteiger charge is 1.99. The molecule has 0 amide bonds. The van der Waals surface area contributed by atoms with Crippen LogP contribution in [0.4, 0.5) is 5.95 Å². The molecule has 0 fully saturated rings. The second-order valence-electron chi connectivity index (χ2n) is 2.75. The number of nitrogens with two attached hydrogens (primary N) is 1. The van der Waals surface area contributed by atoms with E-state index in [1.165, 1.54) is 0 Å². The zero-order valence-electron chi connectivity index (χ0n) is 8.54. The third-order valence-corrected chi connectivity index (χ3v) is 1.37. The number of aromatic nitrogens is 2. The predicted molar refractivity (Wildman–Crippen MR) is 55.6 cm³/mol. The van der Waals surface area contributed by atoms with Gasteiger partial charge in [0.25, 0.3) is 0 Å². The van der Waals surface area contributed by atoms with Crippen LogP contribution in [-0.4, -0.2) is 32.1 Å². The van der Waals surface area contributed by atoms with Gasteiger partial charge in [0, 0.05) is 25.2 Å². The molecule has 0 bridgehead atoms. The van der Waals surface area contributed by atoms with E-state index in [1.807, 2.05) is 0 Å². The lowest BCUT2D eigenvalue weighted by Gasteiger charge is -1.89. The van der Waals surface area contributed by atoms with E-state index in [9.17, 15) is 9.59 Å². The third kappa shape index (κ3) is 9.90. The molecule has 0 saturated heterocycles. The van der Waals surface area contributed by atoms with Crippen molar-refractivity contribution in [1.29, 1.82) is 0 Å². The number of nitrogen functional groups attached to an aromatic ring is 1. The molecule has 0 radical (unpaired) electrons. The van der Waals surface area contributed by atoms with Gasteiger partial charge in [0.2, 0.25) is 5.95 Å². The molecule has 1 rings (SSSR count). The van der Waals surface area contributed by atoms with Crippen molar-refractivity contribution in [3.63, 3.8) is 0 Å². The van der Waals surface area contributed by atoms with E-state index in [4.69, 9.17) is 15.9 Å². The SMILES string of the molecule is Nc1ncccn1.O=C(O)CCCC(=O)O. The average Bonchev–Trinajstić information content (AvgIpc) is 2.18. The fourth-order valence-electron chi connectivity index (χ4n) is 0.701. The summed E-state index contributed by atoms with van der Waals surface area (Å²) in [6.45, 7) is 0. The summed E-state index contributed by atoms with van der Waals surface area (Å²) in [5.74, 6) is -1.57. The van der Waals surface area contributed by atoms with Crippen LogP contribution >= 0.6 is 0 Å². The molecule has 0 unspecified atom stereocenters. The van der Waals surface area contributed by atoms with Crippen molar-refractivity contribution < 1.29 is 19.8 Å². The maximum atomic E-state index is 9.79. The second kappa shape index (κ2) is 8.16. The molecule has 1 heterocycles.